The average molecular weight is 296 g/mol. The van der Waals surface area contributed by atoms with Crippen molar-refractivity contribution in [3.05, 3.63) is 29.3 Å². The molecule has 1 aliphatic carbocycles. The average Bonchev–Trinajstić information content (AvgIpc) is 3.22. The van der Waals surface area contributed by atoms with E-state index in [9.17, 15) is 8.42 Å². The summed E-state index contributed by atoms with van der Waals surface area (Å²) in [6.45, 7) is 5.13. The third-order valence-corrected chi connectivity index (χ3v) is 5.14. The molecule has 1 aliphatic rings. The van der Waals surface area contributed by atoms with Crippen molar-refractivity contribution in [1.82, 2.24) is 10.0 Å². The Kier molecular flexibility index (Phi) is 5.18. The van der Waals surface area contributed by atoms with Crippen LogP contribution in [0, 0.1) is 6.92 Å². The first-order chi connectivity index (χ1) is 9.53. The molecule has 1 aromatic carbocycles. The van der Waals surface area contributed by atoms with E-state index in [-0.39, 0.29) is 0 Å². The molecule has 112 valence electrons. The van der Waals surface area contributed by atoms with Gasteiger partial charge in [0, 0.05) is 19.1 Å². The number of benzene rings is 1. The minimum atomic E-state index is -3.39. The minimum absolute atomic E-state index is 0.406. The van der Waals surface area contributed by atoms with E-state index in [4.69, 9.17) is 0 Å². The lowest BCUT2D eigenvalue weighted by molar-refractivity contribution is 0.577. The summed E-state index contributed by atoms with van der Waals surface area (Å²) in [4.78, 5) is 0.406. The number of sulfonamides is 1. The summed E-state index contributed by atoms with van der Waals surface area (Å²) in [5.74, 6) is 0. The van der Waals surface area contributed by atoms with E-state index in [1.54, 1.807) is 6.07 Å². The first-order valence-corrected chi connectivity index (χ1v) is 8.84. The zero-order chi connectivity index (χ0) is 14.6. The van der Waals surface area contributed by atoms with Crippen LogP contribution in [0.15, 0.2) is 23.1 Å². The molecule has 1 fully saturated rings. The summed E-state index contributed by atoms with van der Waals surface area (Å²) in [6.07, 6.45) is 4.30. The third-order valence-electron chi connectivity index (χ3n) is 3.54. The Morgan fingerprint density at radius 1 is 1.30 bits per heavy atom. The van der Waals surface area contributed by atoms with Crippen LogP contribution in [0.3, 0.4) is 0 Å². The van der Waals surface area contributed by atoms with Crippen LogP contribution in [-0.4, -0.2) is 21.0 Å². The lowest BCUT2D eigenvalue weighted by atomic mass is 10.1. The van der Waals surface area contributed by atoms with Gasteiger partial charge in [0.2, 0.25) is 10.0 Å². The van der Waals surface area contributed by atoms with E-state index in [1.165, 1.54) is 12.8 Å². The molecule has 0 aliphatic heterocycles. The van der Waals surface area contributed by atoms with Gasteiger partial charge >= 0.3 is 0 Å². The van der Waals surface area contributed by atoms with Gasteiger partial charge in [0.15, 0.2) is 0 Å². The fourth-order valence-corrected chi connectivity index (χ4v) is 3.42. The first-order valence-electron chi connectivity index (χ1n) is 7.35. The highest BCUT2D eigenvalue weighted by molar-refractivity contribution is 7.89. The fraction of sp³-hybridized carbons (Fsp3) is 0.600. The number of nitrogens with one attached hydrogen (secondary N) is 2. The molecule has 2 rings (SSSR count). The second-order valence-corrected chi connectivity index (χ2v) is 7.24. The monoisotopic (exact) mass is 296 g/mol. The van der Waals surface area contributed by atoms with Crippen molar-refractivity contribution in [2.45, 2.75) is 57.0 Å². The van der Waals surface area contributed by atoms with Crippen molar-refractivity contribution in [1.29, 1.82) is 0 Å². The summed E-state index contributed by atoms with van der Waals surface area (Å²) in [5.41, 5.74) is 1.82. The Labute approximate surface area is 122 Å². The molecule has 1 aromatic rings. The van der Waals surface area contributed by atoms with E-state index in [0.717, 1.165) is 30.5 Å². The number of aryl methyl sites for hydroxylation is 1. The van der Waals surface area contributed by atoms with Gasteiger partial charge in [-0.25, -0.2) is 13.1 Å². The summed E-state index contributed by atoms with van der Waals surface area (Å²) >= 11 is 0. The van der Waals surface area contributed by atoms with Crippen LogP contribution in [0.4, 0.5) is 0 Å². The van der Waals surface area contributed by atoms with Crippen LogP contribution in [-0.2, 0) is 16.6 Å². The van der Waals surface area contributed by atoms with Crippen LogP contribution < -0.4 is 10.0 Å². The Bertz CT molecular complexity index is 551. The Morgan fingerprint density at radius 3 is 2.70 bits per heavy atom. The Balaban J connectivity index is 2.09. The summed E-state index contributed by atoms with van der Waals surface area (Å²) in [5, 5.41) is 3.41. The van der Waals surface area contributed by atoms with Gasteiger partial charge in [-0.05, 0) is 43.4 Å². The van der Waals surface area contributed by atoms with Gasteiger partial charge in [0.25, 0.3) is 0 Å². The van der Waals surface area contributed by atoms with E-state index in [2.05, 4.69) is 10.0 Å². The van der Waals surface area contributed by atoms with Gasteiger partial charge in [0.05, 0.1) is 4.90 Å². The van der Waals surface area contributed by atoms with Gasteiger partial charge in [-0.1, -0.05) is 25.5 Å². The van der Waals surface area contributed by atoms with Gasteiger partial charge in [-0.2, -0.15) is 0 Å². The van der Waals surface area contributed by atoms with Crippen molar-refractivity contribution in [2.24, 2.45) is 0 Å². The van der Waals surface area contributed by atoms with Crippen LogP contribution in [0.25, 0.3) is 0 Å². The maximum Gasteiger partial charge on any atom is 0.240 e. The SMILES string of the molecule is CCCCNS(=O)(=O)c1cc(CNC2CC2)ccc1C. The van der Waals surface area contributed by atoms with Crippen LogP contribution in [0.2, 0.25) is 0 Å². The number of hydrogen-bond acceptors (Lipinski definition) is 3. The standard InChI is InChI=1S/C15H24N2O2S/c1-3-4-9-17-20(18,19)15-10-13(6-5-12(15)2)11-16-14-7-8-14/h5-6,10,14,16-17H,3-4,7-9,11H2,1-2H3. The zero-order valence-electron chi connectivity index (χ0n) is 12.3. The van der Waals surface area contributed by atoms with Crippen molar-refractivity contribution in [2.75, 3.05) is 6.54 Å². The van der Waals surface area contributed by atoms with Crippen LogP contribution in [0.5, 0.6) is 0 Å². The quantitative estimate of drug-likeness (QED) is 0.724. The molecular weight excluding hydrogens is 272 g/mol. The fourth-order valence-electron chi connectivity index (χ4n) is 2.05. The normalized spacial score (nSPS) is 15.5. The predicted octanol–water partition coefficient (Wildman–Crippen LogP) is 2.33. The molecule has 0 bridgehead atoms. The van der Waals surface area contributed by atoms with Gasteiger partial charge in [-0.3, -0.25) is 0 Å². The highest BCUT2D eigenvalue weighted by Gasteiger charge is 2.21. The lowest BCUT2D eigenvalue weighted by Gasteiger charge is -2.11. The van der Waals surface area contributed by atoms with Crippen molar-refractivity contribution >= 4 is 10.0 Å². The molecule has 0 amide bonds. The molecule has 0 heterocycles. The highest BCUT2D eigenvalue weighted by Crippen LogP contribution is 2.21. The Hall–Kier alpha value is -0.910. The second-order valence-electron chi connectivity index (χ2n) is 5.51. The van der Waals surface area contributed by atoms with E-state index in [0.29, 0.717) is 17.5 Å². The van der Waals surface area contributed by atoms with Crippen molar-refractivity contribution in [3.8, 4) is 0 Å². The number of unbranched alkanes of at least 4 members (excludes halogenated alkanes) is 1. The van der Waals surface area contributed by atoms with Crippen molar-refractivity contribution in [3.63, 3.8) is 0 Å². The van der Waals surface area contributed by atoms with E-state index in [1.807, 2.05) is 26.0 Å². The molecule has 5 heteroatoms. The molecule has 2 N–H and O–H groups in total. The topological polar surface area (TPSA) is 58.2 Å². The molecule has 4 nitrogen and oxygen atoms in total. The molecule has 0 saturated heterocycles. The Morgan fingerprint density at radius 2 is 2.05 bits per heavy atom. The molecule has 0 radical (unpaired) electrons. The van der Waals surface area contributed by atoms with Gasteiger partial charge in [-0.15, -0.1) is 0 Å². The summed E-state index contributed by atoms with van der Waals surface area (Å²) in [7, 11) is -3.39. The van der Waals surface area contributed by atoms with E-state index >= 15 is 0 Å². The second kappa shape index (κ2) is 6.70. The molecule has 20 heavy (non-hydrogen) atoms. The molecule has 0 spiro atoms. The molecular formula is C15H24N2O2S. The number of rotatable bonds is 8. The zero-order valence-corrected chi connectivity index (χ0v) is 13.1. The van der Waals surface area contributed by atoms with Crippen LogP contribution in [0.1, 0.15) is 43.7 Å². The molecule has 0 aromatic heterocycles. The maximum atomic E-state index is 12.3. The summed E-state index contributed by atoms with van der Waals surface area (Å²) < 4.78 is 27.3. The largest absolute Gasteiger partial charge is 0.310 e. The molecule has 1 saturated carbocycles. The van der Waals surface area contributed by atoms with E-state index < -0.39 is 10.0 Å². The maximum absolute atomic E-state index is 12.3. The molecule has 0 atom stereocenters. The van der Waals surface area contributed by atoms with Crippen molar-refractivity contribution < 1.29 is 8.42 Å². The third kappa shape index (κ3) is 4.30. The lowest BCUT2D eigenvalue weighted by Crippen LogP contribution is -2.25. The highest BCUT2D eigenvalue weighted by atomic mass is 32.2. The van der Waals surface area contributed by atoms with Gasteiger partial charge < -0.3 is 5.32 Å². The minimum Gasteiger partial charge on any atom is -0.310 e. The summed E-state index contributed by atoms with van der Waals surface area (Å²) in [6, 6.07) is 6.30. The number of hydrogen-bond donors (Lipinski definition) is 2. The smallest absolute Gasteiger partial charge is 0.240 e. The predicted molar refractivity (Wildman–Crippen MR) is 81.1 cm³/mol. The van der Waals surface area contributed by atoms with Crippen LogP contribution >= 0.6 is 0 Å². The first kappa shape index (κ1) is 15.5. The van der Waals surface area contributed by atoms with Gasteiger partial charge in [0.1, 0.15) is 0 Å². The molecule has 0 unspecified atom stereocenters.